The molecule has 33 heavy (non-hydrogen) atoms. The third-order valence-electron chi connectivity index (χ3n) is 6.03. The monoisotopic (exact) mass is 448 g/mol. The van der Waals surface area contributed by atoms with E-state index in [-0.39, 0.29) is 11.9 Å². The summed E-state index contributed by atoms with van der Waals surface area (Å²) in [7, 11) is 0. The number of nitrogens with zero attached hydrogens (tertiary/aromatic N) is 2. The molecule has 5 aromatic rings. The number of hydrogen-bond acceptors (Lipinski definition) is 4. The summed E-state index contributed by atoms with van der Waals surface area (Å²) in [5, 5.41) is 4.73. The van der Waals surface area contributed by atoms with Gasteiger partial charge >= 0.3 is 11.7 Å². The summed E-state index contributed by atoms with van der Waals surface area (Å²) in [6, 6.07) is 30.6. The minimum Gasteiger partial charge on any atom is -0.258 e. The van der Waals surface area contributed by atoms with Gasteiger partial charge in [0.1, 0.15) is 17.6 Å². The number of carbonyl (C=O) groups excluding carboxylic acids is 1. The van der Waals surface area contributed by atoms with E-state index in [1.165, 1.54) is 20.5 Å². The van der Waals surface area contributed by atoms with Crippen LogP contribution in [-0.2, 0) is 12.8 Å². The summed E-state index contributed by atoms with van der Waals surface area (Å²) in [4.78, 5) is 19.7. The van der Waals surface area contributed by atoms with Gasteiger partial charge in [-0.3, -0.25) is 5.32 Å². The zero-order valence-corrected chi connectivity index (χ0v) is 18.8. The molecule has 0 fully saturated rings. The van der Waals surface area contributed by atoms with Gasteiger partial charge in [0.2, 0.25) is 0 Å². The van der Waals surface area contributed by atoms with Crippen LogP contribution >= 0.6 is 11.3 Å². The summed E-state index contributed by atoms with van der Waals surface area (Å²) in [6.45, 7) is 0. The molecule has 1 atom stereocenters. The van der Waals surface area contributed by atoms with Crippen LogP contribution in [0.25, 0.3) is 21.3 Å². The van der Waals surface area contributed by atoms with Gasteiger partial charge in [-0.05, 0) is 23.1 Å². The lowest BCUT2D eigenvalue weighted by molar-refractivity contribution is -0.552. The average molecular weight is 449 g/mol. The number of aromatic nitrogens is 2. The first kappa shape index (κ1) is 19.8. The van der Waals surface area contributed by atoms with Crippen molar-refractivity contribution in [1.82, 2.24) is 4.98 Å². The quantitative estimate of drug-likeness (QED) is 0.360. The number of benzene rings is 3. The topological polar surface area (TPSA) is 45.9 Å². The highest BCUT2D eigenvalue weighted by atomic mass is 32.1. The minimum atomic E-state index is -0.305. The third kappa shape index (κ3) is 3.81. The van der Waals surface area contributed by atoms with Crippen LogP contribution < -0.4 is 9.88 Å². The molecule has 5 heteroatoms. The predicted molar refractivity (Wildman–Crippen MR) is 133 cm³/mol. The number of hydrogen-bond donors (Lipinski definition) is 1. The second kappa shape index (κ2) is 8.26. The van der Waals surface area contributed by atoms with Gasteiger partial charge in [0.25, 0.3) is 0 Å². The molecule has 3 heterocycles. The number of carbonyl (C=O) groups is 1. The van der Waals surface area contributed by atoms with Crippen molar-refractivity contribution in [3.05, 3.63) is 113 Å². The van der Waals surface area contributed by atoms with Gasteiger partial charge in [0.05, 0.1) is 0 Å². The minimum absolute atomic E-state index is 0.0661. The second-order valence-corrected chi connectivity index (χ2v) is 9.48. The SMILES string of the molecule is O=C1C(Cc2cc3ccccc3s2)Nc2c(Cc3ccccc3)nc(-c3ccccc3)c[n+]21. The highest BCUT2D eigenvalue weighted by molar-refractivity contribution is 7.19. The first-order valence-corrected chi connectivity index (χ1v) is 11.9. The Morgan fingerprint density at radius 1 is 0.909 bits per heavy atom. The summed E-state index contributed by atoms with van der Waals surface area (Å²) in [5.74, 6) is 0.867. The van der Waals surface area contributed by atoms with E-state index in [1.54, 1.807) is 15.9 Å². The number of thiophene rings is 1. The predicted octanol–water partition coefficient (Wildman–Crippen LogP) is 5.52. The third-order valence-corrected chi connectivity index (χ3v) is 7.17. The van der Waals surface area contributed by atoms with Crippen molar-refractivity contribution < 1.29 is 9.36 Å². The van der Waals surface area contributed by atoms with Crippen molar-refractivity contribution in [2.45, 2.75) is 18.9 Å². The lowest BCUT2D eigenvalue weighted by Gasteiger charge is -2.07. The van der Waals surface area contributed by atoms with Gasteiger partial charge < -0.3 is 0 Å². The van der Waals surface area contributed by atoms with Crippen LogP contribution in [0.2, 0.25) is 0 Å². The summed E-state index contributed by atoms with van der Waals surface area (Å²) < 4.78 is 3.02. The molecular weight excluding hydrogens is 426 g/mol. The van der Waals surface area contributed by atoms with E-state index in [4.69, 9.17) is 4.98 Å². The van der Waals surface area contributed by atoms with Crippen molar-refractivity contribution in [3.63, 3.8) is 0 Å². The van der Waals surface area contributed by atoms with Crippen LogP contribution in [0.3, 0.4) is 0 Å². The normalized spacial score (nSPS) is 14.9. The molecule has 0 radical (unpaired) electrons. The zero-order chi connectivity index (χ0) is 22.2. The van der Waals surface area contributed by atoms with Gasteiger partial charge in [-0.2, -0.15) is 4.57 Å². The molecule has 0 aliphatic carbocycles. The van der Waals surface area contributed by atoms with Gasteiger partial charge in [0, 0.05) is 28.0 Å². The highest BCUT2D eigenvalue weighted by Gasteiger charge is 2.41. The van der Waals surface area contributed by atoms with Crippen LogP contribution in [0.1, 0.15) is 20.9 Å². The van der Waals surface area contributed by atoms with Crippen LogP contribution in [0, 0.1) is 0 Å². The van der Waals surface area contributed by atoms with E-state index in [9.17, 15) is 4.79 Å². The van der Waals surface area contributed by atoms with Gasteiger partial charge in [-0.1, -0.05) is 78.9 Å². The fraction of sp³-hybridized carbons (Fsp3) is 0.107. The molecular formula is C28H22N3OS+. The number of rotatable bonds is 5. The van der Waals surface area contributed by atoms with Crippen LogP contribution in [0.4, 0.5) is 5.82 Å². The van der Waals surface area contributed by atoms with E-state index in [1.807, 2.05) is 54.7 Å². The Hall–Kier alpha value is -3.83. The lowest BCUT2D eigenvalue weighted by Crippen LogP contribution is -2.44. The molecule has 1 aliphatic heterocycles. The van der Waals surface area contributed by atoms with Crippen molar-refractivity contribution >= 4 is 33.1 Å². The molecule has 6 rings (SSSR count). The lowest BCUT2D eigenvalue weighted by atomic mass is 10.1. The number of anilines is 1. The maximum absolute atomic E-state index is 13.5. The van der Waals surface area contributed by atoms with Gasteiger partial charge in [-0.15, -0.1) is 11.3 Å². The Balaban J connectivity index is 1.38. The zero-order valence-electron chi connectivity index (χ0n) is 17.9. The maximum atomic E-state index is 13.5. The molecule has 0 saturated carbocycles. The molecule has 1 N–H and O–H groups in total. The molecule has 0 spiro atoms. The first-order valence-electron chi connectivity index (χ1n) is 11.1. The summed E-state index contributed by atoms with van der Waals surface area (Å²) in [6.07, 6.45) is 3.19. The Morgan fingerprint density at radius 2 is 1.64 bits per heavy atom. The Labute approximate surface area is 196 Å². The fourth-order valence-corrected chi connectivity index (χ4v) is 5.52. The van der Waals surface area contributed by atoms with Crippen LogP contribution in [-0.4, -0.2) is 16.9 Å². The smallest absolute Gasteiger partial charge is 0.258 e. The van der Waals surface area contributed by atoms with E-state index in [0.717, 1.165) is 22.8 Å². The second-order valence-electron chi connectivity index (χ2n) is 8.31. The van der Waals surface area contributed by atoms with Crippen molar-refractivity contribution in [3.8, 4) is 11.3 Å². The van der Waals surface area contributed by atoms with Crippen LogP contribution in [0.5, 0.6) is 0 Å². The first-order chi connectivity index (χ1) is 16.2. The molecule has 0 saturated heterocycles. The Kier molecular flexibility index (Phi) is 4.96. The largest absolute Gasteiger partial charge is 0.359 e. The number of nitrogens with one attached hydrogen (secondary N) is 1. The molecule has 3 aromatic carbocycles. The van der Waals surface area contributed by atoms with E-state index >= 15 is 0 Å². The van der Waals surface area contributed by atoms with E-state index < -0.39 is 0 Å². The highest BCUT2D eigenvalue weighted by Crippen LogP contribution is 2.29. The van der Waals surface area contributed by atoms with Gasteiger partial charge in [0.15, 0.2) is 6.04 Å². The number of fused-ring (bicyclic) bond motifs is 2. The van der Waals surface area contributed by atoms with Crippen molar-refractivity contribution in [1.29, 1.82) is 0 Å². The Bertz CT molecular complexity index is 1430. The molecule has 160 valence electrons. The molecule has 1 aliphatic rings. The maximum Gasteiger partial charge on any atom is 0.359 e. The summed E-state index contributed by atoms with van der Waals surface area (Å²) in [5.41, 5.74) is 3.86. The Morgan fingerprint density at radius 3 is 2.42 bits per heavy atom. The molecule has 4 nitrogen and oxygen atoms in total. The van der Waals surface area contributed by atoms with Crippen molar-refractivity contribution in [2.75, 3.05) is 5.32 Å². The van der Waals surface area contributed by atoms with E-state index in [2.05, 4.69) is 47.8 Å². The standard InChI is InChI=1S/C28H21N3OS/c32-28-24(17-22-16-21-13-7-8-14-26(21)33-22)30-27-23(15-19-9-3-1-4-10-19)29-25(18-31(27)28)20-11-5-2-6-12-20/h1-14,16,18,24H,15,17H2/p+1. The van der Waals surface area contributed by atoms with Crippen LogP contribution in [0.15, 0.2) is 97.2 Å². The van der Waals surface area contributed by atoms with Gasteiger partial charge in [-0.25, -0.2) is 9.78 Å². The molecule has 2 aromatic heterocycles. The summed E-state index contributed by atoms with van der Waals surface area (Å²) >= 11 is 1.75. The van der Waals surface area contributed by atoms with E-state index in [0.29, 0.717) is 12.8 Å². The van der Waals surface area contributed by atoms with Crippen molar-refractivity contribution in [2.24, 2.45) is 0 Å². The average Bonchev–Trinajstić information content (AvgIpc) is 3.41. The molecule has 0 bridgehead atoms. The fourth-order valence-electron chi connectivity index (χ4n) is 4.41. The molecule has 0 amide bonds. The molecule has 1 unspecified atom stereocenters.